The summed E-state index contributed by atoms with van der Waals surface area (Å²) in [6.07, 6.45) is -0.259. The van der Waals surface area contributed by atoms with Crippen LogP contribution in [0.2, 0.25) is 0 Å². The third-order valence-corrected chi connectivity index (χ3v) is 3.10. The molecule has 0 spiro atoms. The van der Waals surface area contributed by atoms with Crippen LogP contribution in [0.15, 0.2) is 22.7 Å². The van der Waals surface area contributed by atoms with Crippen LogP contribution in [-0.4, -0.2) is 5.92 Å². The van der Waals surface area contributed by atoms with Crippen LogP contribution in [0.1, 0.15) is 17.2 Å². The number of nitrogens with two attached hydrogens (primary N) is 1. The predicted molar refractivity (Wildman–Crippen MR) is 49.7 cm³/mol. The molecule has 1 aromatic rings. The minimum atomic E-state index is -2.80. The van der Waals surface area contributed by atoms with Crippen molar-refractivity contribution in [3.8, 4) is 0 Å². The monoisotopic (exact) mass is 247 g/mol. The van der Waals surface area contributed by atoms with Crippen molar-refractivity contribution < 1.29 is 8.78 Å². The summed E-state index contributed by atoms with van der Waals surface area (Å²) in [6, 6.07) is 3.99. The van der Waals surface area contributed by atoms with Crippen LogP contribution in [0.25, 0.3) is 0 Å². The minimum Gasteiger partial charge on any atom is -0.319 e. The first kappa shape index (κ1) is 9.09. The smallest absolute Gasteiger partial charge is 0.271 e. The van der Waals surface area contributed by atoms with Gasteiger partial charge in [0.15, 0.2) is 0 Å². The zero-order valence-corrected chi connectivity index (χ0v) is 8.31. The first-order valence-corrected chi connectivity index (χ1v) is 4.72. The summed E-state index contributed by atoms with van der Waals surface area (Å²) in [5.74, 6) is -2.80. The topological polar surface area (TPSA) is 26.0 Å². The molecule has 0 amide bonds. The highest BCUT2D eigenvalue weighted by Gasteiger charge is 2.45. The number of fused-ring (bicyclic) bond motifs is 1. The van der Waals surface area contributed by atoms with E-state index in [1.165, 1.54) is 0 Å². The highest BCUT2D eigenvalue weighted by atomic mass is 79.9. The van der Waals surface area contributed by atoms with Crippen LogP contribution in [0, 0.1) is 0 Å². The van der Waals surface area contributed by atoms with Gasteiger partial charge >= 0.3 is 0 Å². The van der Waals surface area contributed by atoms with Gasteiger partial charge in [-0.1, -0.05) is 28.1 Å². The Morgan fingerprint density at radius 3 is 2.77 bits per heavy atom. The number of hydrogen-bond donors (Lipinski definition) is 1. The second kappa shape index (κ2) is 2.75. The molecule has 1 aliphatic rings. The second-order valence-corrected chi connectivity index (χ2v) is 4.08. The number of hydrogen-bond acceptors (Lipinski definition) is 1. The van der Waals surface area contributed by atoms with Crippen molar-refractivity contribution in [2.45, 2.75) is 18.4 Å². The molecular weight excluding hydrogens is 240 g/mol. The van der Waals surface area contributed by atoms with E-state index in [9.17, 15) is 8.78 Å². The van der Waals surface area contributed by atoms with Crippen molar-refractivity contribution in [2.24, 2.45) is 5.73 Å². The fourth-order valence-electron chi connectivity index (χ4n) is 1.63. The van der Waals surface area contributed by atoms with Gasteiger partial charge in [0.1, 0.15) is 0 Å². The van der Waals surface area contributed by atoms with Crippen LogP contribution >= 0.6 is 15.9 Å². The van der Waals surface area contributed by atoms with Gasteiger partial charge in [-0.15, -0.1) is 0 Å². The number of benzene rings is 1. The van der Waals surface area contributed by atoms with E-state index in [1.807, 2.05) is 0 Å². The van der Waals surface area contributed by atoms with Crippen LogP contribution in [-0.2, 0) is 6.42 Å². The molecule has 0 fully saturated rings. The Balaban J connectivity index is 2.56. The Morgan fingerprint density at radius 2 is 2.15 bits per heavy atom. The van der Waals surface area contributed by atoms with Gasteiger partial charge in [0.25, 0.3) is 5.92 Å². The average molecular weight is 248 g/mol. The lowest BCUT2D eigenvalue weighted by molar-refractivity contribution is -0.0135. The van der Waals surface area contributed by atoms with Gasteiger partial charge in [-0.2, -0.15) is 0 Å². The molecule has 1 unspecified atom stereocenters. The fraction of sp³-hybridized carbons (Fsp3) is 0.333. The predicted octanol–water partition coefficient (Wildman–Crippen LogP) is 2.64. The van der Waals surface area contributed by atoms with Crippen molar-refractivity contribution in [2.75, 3.05) is 0 Å². The first-order valence-electron chi connectivity index (χ1n) is 3.93. The summed E-state index contributed by atoms with van der Waals surface area (Å²) in [5, 5.41) is 0. The van der Waals surface area contributed by atoms with E-state index in [1.54, 1.807) is 18.2 Å². The minimum absolute atomic E-state index is 0.259. The van der Waals surface area contributed by atoms with Gasteiger partial charge in [-0.25, -0.2) is 8.78 Å². The van der Waals surface area contributed by atoms with E-state index in [4.69, 9.17) is 5.73 Å². The molecule has 0 aliphatic heterocycles. The number of alkyl halides is 2. The van der Waals surface area contributed by atoms with E-state index in [2.05, 4.69) is 15.9 Å². The van der Waals surface area contributed by atoms with Crippen LogP contribution < -0.4 is 5.73 Å². The lowest BCUT2D eigenvalue weighted by atomic mass is 10.1. The maximum atomic E-state index is 13.2. The molecule has 0 aromatic heterocycles. The molecule has 1 aliphatic carbocycles. The standard InChI is InChI=1S/C9H8BrF2N/c10-7-3-1-2-5-6(7)4-9(11,12)8(5)13/h1-3,8H,4,13H2. The quantitative estimate of drug-likeness (QED) is 0.750. The molecule has 2 rings (SSSR count). The summed E-state index contributed by atoms with van der Waals surface area (Å²) < 4.78 is 27.0. The summed E-state index contributed by atoms with van der Waals surface area (Å²) in [6.45, 7) is 0. The van der Waals surface area contributed by atoms with Gasteiger partial charge in [0, 0.05) is 10.9 Å². The average Bonchev–Trinajstić information content (AvgIpc) is 2.28. The van der Waals surface area contributed by atoms with Gasteiger partial charge < -0.3 is 5.73 Å². The molecule has 0 radical (unpaired) electrons. The molecule has 1 atom stereocenters. The Bertz CT molecular complexity index is 351. The van der Waals surface area contributed by atoms with E-state index < -0.39 is 12.0 Å². The Hall–Kier alpha value is -0.480. The Kier molecular flexibility index (Phi) is 1.92. The summed E-state index contributed by atoms with van der Waals surface area (Å²) in [5.41, 5.74) is 6.62. The van der Waals surface area contributed by atoms with Crippen molar-refractivity contribution in [1.82, 2.24) is 0 Å². The lowest BCUT2D eigenvalue weighted by Gasteiger charge is -2.13. The summed E-state index contributed by atoms with van der Waals surface area (Å²) in [4.78, 5) is 0. The molecule has 4 heteroatoms. The largest absolute Gasteiger partial charge is 0.319 e. The normalized spacial score (nSPS) is 24.5. The fourth-order valence-corrected chi connectivity index (χ4v) is 2.15. The zero-order valence-electron chi connectivity index (χ0n) is 6.73. The van der Waals surface area contributed by atoms with E-state index in [0.29, 0.717) is 11.1 Å². The van der Waals surface area contributed by atoms with E-state index in [-0.39, 0.29) is 6.42 Å². The summed E-state index contributed by atoms with van der Waals surface area (Å²) >= 11 is 3.24. The van der Waals surface area contributed by atoms with Crippen molar-refractivity contribution in [3.05, 3.63) is 33.8 Å². The molecule has 0 saturated carbocycles. The molecule has 0 bridgehead atoms. The van der Waals surface area contributed by atoms with Crippen LogP contribution in [0.3, 0.4) is 0 Å². The highest BCUT2D eigenvalue weighted by Crippen LogP contribution is 2.43. The van der Waals surface area contributed by atoms with Gasteiger partial charge in [-0.3, -0.25) is 0 Å². The summed E-state index contributed by atoms with van der Waals surface area (Å²) in [7, 11) is 0. The second-order valence-electron chi connectivity index (χ2n) is 3.22. The zero-order chi connectivity index (χ0) is 9.64. The maximum absolute atomic E-state index is 13.2. The SMILES string of the molecule is NC1c2cccc(Br)c2CC1(F)F. The van der Waals surface area contributed by atoms with E-state index in [0.717, 1.165) is 4.47 Å². The van der Waals surface area contributed by atoms with Crippen LogP contribution in [0.4, 0.5) is 8.78 Å². The van der Waals surface area contributed by atoms with Gasteiger partial charge in [0.2, 0.25) is 0 Å². The molecule has 1 aromatic carbocycles. The molecular formula is C9H8BrF2N. The Morgan fingerprint density at radius 1 is 1.46 bits per heavy atom. The lowest BCUT2D eigenvalue weighted by Crippen LogP contribution is -2.28. The number of rotatable bonds is 0. The molecule has 0 saturated heterocycles. The van der Waals surface area contributed by atoms with Crippen molar-refractivity contribution >= 4 is 15.9 Å². The number of halogens is 3. The third kappa shape index (κ3) is 1.28. The highest BCUT2D eigenvalue weighted by molar-refractivity contribution is 9.10. The molecule has 1 nitrogen and oxygen atoms in total. The van der Waals surface area contributed by atoms with Crippen molar-refractivity contribution in [3.63, 3.8) is 0 Å². The van der Waals surface area contributed by atoms with E-state index >= 15 is 0 Å². The Labute approximate surface area is 83.1 Å². The molecule has 2 N–H and O–H groups in total. The van der Waals surface area contributed by atoms with Gasteiger partial charge in [0.05, 0.1) is 6.04 Å². The molecule has 13 heavy (non-hydrogen) atoms. The first-order chi connectivity index (χ1) is 6.02. The van der Waals surface area contributed by atoms with Crippen molar-refractivity contribution in [1.29, 1.82) is 0 Å². The maximum Gasteiger partial charge on any atom is 0.271 e. The van der Waals surface area contributed by atoms with Gasteiger partial charge in [-0.05, 0) is 17.2 Å². The molecule has 70 valence electrons. The molecule has 0 heterocycles. The van der Waals surface area contributed by atoms with Crippen LogP contribution in [0.5, 0.6) is 0 Å². The third-order valence-electron chi connectivity index (χ3n) is 2.36.